The maximum atomic E-state index is 10.8. The Morgan fingerprint density at radius 1 is 1.59 bits per heavy atom. The number of carboxylic acid groups (broad SMARTS) is 1. The summed E-state index contributed by atoms with van der Waals surface area (Å²) in [6.45, 7) is 3.55. The summed E-state index contributed by atoms with van der Waals surface area (Å²) in [6, 6.07) is -0.194. The van der Waals surface area contributed by atoms with Gasteiger partial charge in [-0.2, -0.15) is 5.21 Å². The van der Waals surface area contributed by atoms with E-state index in [0.717, 1.165) is 0 Å². The highest BCUT2D eigenvalue weighted by Crippen LogP contribution is 2.24. The van der Waals surface area contributed by atoms with Crippen molar-refractivity contribution in [1.29, 1.82) is 0 Å². The van der Waals surface area contributed by atoms with Crippen LogP contribution in [0.25, 0.3) is 0 Å². The van der Waals surface area contributed by atoms with Gasteiger partial charge in [-0.1, -0.05) is 5.21 Å². The highest BCUT2D eigenvalue weighted by atomic mass is 32.1. The smallest absolute Gasteiger partial charge is 0.355 e. The van der Waals surface area contributed by atoms with Crippen LogP contribution in [0.3, 0.4) is 0 Å². The van der Waals surface area contributed by atoms with Crippen molar-refractivity contribution in [2.24, 2.45) is 0 Å². The molecule has 0 spiro atoms. The lowest BCUT2D eigenvalue weighted by Crippen LogP contribution is -2.08. The number of H-pyrrole nitrogens is 1. The van der Waals surface area contributed by atoms with Gasteiger partial charge in [-0.25, -0.2) is 9.78 Å². The van der Waals surface area contributed by atoms with Crippen molar-refractivity contribution in [2.45, 2.75) is 19.9 Å². The quantitative estimate of drug-likeness (QED) is 0.739. The fourth-order valence-corrected chi connectivity index (χ4v) is 2.15. The molecule has 0 saturated heterocycles. The Morgan fingerprint density at radius 2 is 2.35 bits per heavy atom. The molecular formula is C8H10N6O2S. The number of aromatic amines is 1. The van der Waals surface area contributed by atoms with Gasteiger partial charge in [-0.05, 0) is 13.8 Å². The molecule has 2 aromatic heterocycles. The molecule has 3 N–H and O–H groups in total. The van der Waals surface area contributed by atoms with Crippen LogP contribution in [0, 0.1) is 6.92 Å². The van der Waals surface area contributed by atoms with Crippen LogP contribution in [-0.2, 0) is 0 Å². The molecule has 0 aliphatic rings. The number of hydrogen-bond donors (Lipinski definition) is 3. The number of carboxylic acids is 1. The zero-order valence-electron chi connectivity index (χ0n) is 9.13. The van der Waals surface area contributed by atoms with E-state index in [0.29, 0.717) is 15.8 Å². The van der Waals surface area contributed by atoms with Gasteiger partial charge >= 0.3 is 5.97 Å². The minimum absolute atomic E-state index is 0.0674. The van der Waals surface area contributed by atoms with Crippen LogP contribution in [0.2, 0.25) is 0 Å². The maximum absolute atomic E-state index is 10.8. The molecule has 1 atom stereocenters. The molecule has 0 aliphatic heterocycles. The largest absolute Gasteiger partial charge is 0.476 e. The lowest BCUT2D eigenvalue weighted by molar-refractivity contribution is 0.0690. The lowest BCUT2D eigenvalue weighted by Gasteiger charge is -2.06. The van der Waals surface area contributed by atoms with E-state index in [4.69, 9.17) is 5.11 Å². The number of tetrazole rings is 1. The zero-order valence-corrected chi connectivity index (χ0v) is 9.95. The topological polar surface area (TPSA) is 117 Å². The van der Waals surface area contributed by atoms with Crippen molar-refractivity contribution >= 4 is 22.4 Å². The number of aromatic carboxylic acids is 1. The first kappa shape index (κ1) is 11.5. The molecule has 8 nitrogen and oxygen atoms in total. The summed E-state index contributed by atoms with van der Waals surface area (Å²) in [5.41, 5.74) is 0.0674. The summed E-state index contributed by atoms with van der Waals surface area (Å²) in [5.74, 6) is -0.534. The van der Waals surface area contributed by atoms with Crippen LogP contribution < -0.4 is 5.32 Å². The summed E-state index contributed by atoms with van der Waals surface area (Å²) >= 11 is 1.28. The Hall–Kier alpha value is -2.03. The van der Waals surface area contributed by atoms with Gasteiger partial charge in [0.05, 0.1) is 6.04 Å². The fraction of sp³-hybridized carbons (Fsp3) is 0.375. The van der Waals surface area contributed by atoms with Crippen LogP contribution >= 0.6 is 11.3 Å². The molecule has 1 unspecified atom stereocenters. The SMILES string of the molecule is Cc1sc(NC(C)c2nn[nH]n2)nc1C(=O)O. The Labute approximate surface area is 100 Å². The second kappa shape index (κ2) is 4.45. The lowest BCUT2D eigenvalue weighted by atomic mass is 10.3. The average Bonchev–Trinajstić information content (AvgIpc) is 2.86. The van der Waals surface area contributed by atoms with E-state index in [9.17, 15) is 4.79 Å². The highest BCUT2D eigenvalue weighted by Gasteiger charge is 2.17. The third-order valence-electron chi connectivity index (χ3n) is 2.09. The van der Waals surface area contributed by atoms with Gasteiger partial charge in [0.2, 0.25) is 0 Å². The Kier molecular flexibility index (Phi) is 3.00. The minimum atomic E-state index is -1.03. The first-order valence-corrected chi connectivity index (χ1v) is 5.60. The van der Waals surface area contributed by atoms with Crippen LogP contribution in [0.15, 0.2) is 0 Å². The Morgan fingerprint density at radius 3 is 2.88 bits per heavy atom. The molecule has 2 aromatic rings. The number of anilines is 1. The summed E-state index contributed by atoms with van der Waals surface area (Å²) < 4.78 is 0. The number of nitrogens with zero attached hydrogens (tertiary/aromatic N) is 4. The number of hydrogen-bond acceptors (Lipinski definition) is 7. The maximum Gasteiger partial charge on any atom is 0.355 e. The van der Waals surface area contributed by atoms with E-state index < -0.39 is 5.97 Å². The molecule has 17 heavy (non-hydrogen) atoms. The number of aromatic nitrogens is 5. The molecule has 2 rings (SSSR count). The second-order valence-electron chi connectivity index (χ2n) is 3.36. The van der Waals surface area contributed by atoms with Gasteiger partial charge in [0.1, 0.15) is 0 Å². The first-order chi connectivity index (χ1) is 8.08. The molecule has 0 saturated carbocycles. The Bertz CT molecular complexity index is 522. The molecule has 9 heteroatoms. The zero-order chi connectivity index (χ0) is 12.4. The summed E-state index contributed by atoms with van der Waals surface area (Å²) in [5, 5.41) is 25.9. The van der Waals surface area contributed by atoms with Crippen molar-refractivity contribution in [1.82, 2.24) is 25.6 Å². The molecule has 0 fully saturated rings. The normalized spacial score (nSPS) is 12.4. The van der Waals surface area contributed by atoms with Crippen LogP contribution in [0.4, 0.5) is 5.13 Å². The van der Waals surface area contributed by atoms with Crippen molar-refractivity contribution in [3.8, 4) is 0 Å². The van der Waals surface area contributed by atoms with E-state index in [1.165, 1.54) is 11.3 Å². The van der Waals surface area contributed by atoms with Crippen LogP contribution in [-0.4, -0.2) is 36.7 Å². The van der Waals surface area contributed by atoms with Gasteiger partial charge in [0, 0.05) is 4.88 Å². The Balaban J connectivity index is 2.14. The van der Waals surface area contributed by atoms with Crippen molar-refractivity contribution < 1.29 is 9.90 Å². The van der Waals surface area contributed by atoms with E-state index in [1.54, 1.807) is 6.92 Å². The molecule has 0 amide bonds. The highest BCUT2D eigenvalue weighted by molar-refractivity contribution is 7.15. The van der Waals surface area contributed by atoms with Gasteiger partial charge in [-0.15, -0.1) is 21.5 Å². The van der Waals surface area contributed by atoms with E-state index in [-0.39, 0.29) is 11.7 Å². The predicted octanol–water partition coefficient (Wildman–Crippen LogP) is 0.836. The number of rotatable bonds is 4. The monoisotopic (exact) mass is 254 g/mol. The summed E-state index contributed by atoms with van der Waals surface area (Å²) in [4.78, 5) is 15.5. The van der Waals surface area contributed by atoms with Crippen molar-refractivity contribution in [3.63, 3.8) is 0 Å². The fourth-order valence-electron chi connectivity index (χ4n) is 1.26. The van der Waals surface area contributed by atoms with Crippen molar-refractivity contribution in [2.75, 3.05) is 5.32 Å². The molecule has 0 bridgehead atoms. The standard InChI is InChI=1S/C8H10N6O2S/c1-3(6-11-13-14-12-6)9-8-10-5(7(15)16)4(2)17-8/h3H,1-2H3,(H,9,10)(H,15,16)(H,11,12,13,14). The predicted molar refractivity (Wildman–Crippen MR) is 60.0 cm³/mol. The molecule has 90 valence electrons. The molecule has 0 aliphatic carbocycles. The number of aryl methyl sites for hydroxylation is 1. The molecule has 2 heterocycles. The average molecular weight is 254 g/mol. The third kappa shape index (κ3) is 2.38. The van der Waals surface area contributed by atoms with Gasteiger partial charge in [-0.3, -0.25) is 0 Å². The molecule has 0 aromatic carbocycles. The number of carbonyl (C=O) groups is 1. The van der Waals surface area contributed by atoms with Crippen LogP contribution in [0.5, 0.6) is 0 Å². The number of thiazole rings is 1. The number of nitrogens with one attached hydrogen (secondary N) is 2. The summed E-state index contributed by atoms with van der Waals surface area (Å²) in [6.07, 6.45) is 0. The van der Waals surface area contributed by atoms with Gasteiger partial charge in [0.15, 0.2) is 16.6 Å². The molecule has 0 radical (unpaired) electrons. The minimum Gasteiger partial charge on any atom is -0.476 e. The van der Waals surface area contributed by atoms with E-state index in [2.05, 4.69) is 30.9 Å². The summed E-state index contributed by atoms with van der Waals surface area (Å²) in [7, 11) is 0. The van der Waals surface area contributed by atoms with E-state index in [1.807, 2.05) is 6.92 Å². The van der Waals surface area contributed by atoms with Crippen molar-refractivity contribution in [3.05, 3.63) is 16.4 Å². The second-order valence-corrected chi connectivity index (χ2v) is 4.57. The first-order valence-electron chi connectivity index (χ1n) is 4.78. The van der Waals surface area contributed by atoms with Gasteiger partial charge < -0.3 is 10.4 Å². The van der Waals surface area contributed by atoms with Crippen LogP contribution in [0.1, 0.15) is 34.2 Å². The molecular weight excluding hydrogens is 244 g/mol. The van der Waals surface area contributed by atoms with E-state index >= 15 is 0 Å². The third-order valence-corrected chi connectivity index (χ3v) is 2.99. The van der Waals surface area contributed by atoms with Gasteiger partial charge in [0.25, 0.3) is 0 Å².